The molecule has 1 unspecified atom stereocenters. The fourth-order valence-electron chi connectivity index (χ4n) is 2.14. The number of ether oxygens (including phenoxy) is 1. The zero-order valence-corrected chi connectivity index (χ0v) is 13.0. The number of methoxy groups -OCH3 is 1. The molecule has 21 heavy (non-hydrogen) atoms. The van der Waals surface area contributed by atoms with Crippen LogP contribution in [-0.2, 0) is 4.74 Å². The highest BCUT2D eigenvalue weighted by atomic mass is 16.5. The van der Waals surface area contributed by atoms with Gasteiger partial charge < -0.3 is 15.0 Å². The second kappa shape index (κ2) is 7.81. The molecule has 0 aliphatic carbocycles. The van der Waals surface area contributed by atoms with Gasteiger partial charge in [-0.2, -0.15) is 0 Å². The van der Waals surface area contributed by atoms with E-state index in [1.54, 1.807) is 13.3 Å². The molecule has 0 aliphatic heterocycles. The minimum atomic E-state index is 0.135. The molecular formula is C16H24N4O. The Kier molecular flexibility index (Phi) is 5.78. The second-order valence-electron chi connectivity index (χ2n) is 5.05. The number of nitrogens with zero attached hydrogens (tertiary/aromatic N) is 3. The van der Waals surface area contributed by atoms with Crippen LogP contribution >= 0.6 is 0 Å². The highest BCUT2D eigenvalue weighted by Gasteiger charge is 2.11. The van der Waals surface area contributed by atoms with Gasteiger partial charge in [0.15, 0.2) is 0 Å². The highest BCUT2D eigenvalue weighted by Crippen LogP contribution is 2.13. The summed E-state index contributed by atoms with van der Waals surface area (Å²) >= 11 is 0. The zero-order chi connectivity index (χ0) is 15.1. The van der Waals surface area contributed by atoms with Crippen molar-refractivity contribution in [2.24, 2.45) is 0 Å². The molecule has 1 heterocycles. The van der Waals surface area contributed by atoms with Crippen molar-refractivity contribution in [2.75, 3.05) is 39.1 Å². The first-order valence-corrected chi connectivity index (χ1v) is 7.28. The lowest BCUT2D eigenvalue weighted by molar-refractivity contribution is 0.0826. The average molecular weight is 288 g/mol. The van der Waals surface area contributed by atoms with Gasteiger partial charge in [0.2, 0.25) is 5.95 Å². The lowest BCUT2D eigenvalue weighted by Gasteiger charge is -2.22. The van der Waals surface area contributed by atoms with Gasteiger partial charge in [0, 0.05) is 38.3 Å². The summed E-state index contributed by atoms with van der Waals surface area (Å²) in [6.45, 7) is 4.78. The predicted octanol–water partition coefficient (Wildman–Crippen LogP) is 2.25. The molecule has 1 N–H and O–H groups in total. The fourth-order valence-corrected chi connectivity index (χ4v) is 2.14. The normalized spacial score (nSPS) is 12.6. The summed E-state index contributed by atoms with van der Waals surface area (Å²) in [5.41, 5.74) is 1.09. The summed E-state index contributed by atoms with van der Waals surface area (Å²) in [5.74, 6) is 0.836. The molecule has 0 fully saturated rings. The largest absolute Gasteiger partial charge is 0.378 e. The van der Waals surface area contributed by atoms with Crippen molar-refractivity contribution in [3.8, 4) is 5.69 Å². The van der Waals surface area contributed by atoms with E-state index < -0.39 is 0 Å². The molecule has 0 saturated carbocycles. The Hall–Kier alpha value is -1.85. The molecule has 2 rings (SSSR count). The maximum Gasteiger partial charge on any atom is 0.207 e. The van der Waals surface area contributed by atoms with Gasteiger partial charge in [-0.1, -0.05) is 25.1 Å². The van der Waals surface area contributed by atoms with Crippen LogP contribution in [0.15, 0.2) is 42.7 Å². The van der Waals surface area contributed by atoms with E-state index in [1.165, 1.54) is 0 Å². The maximum atomic E-state index is 5.53. The standard InChI is InChI=1S/C16H24N4O/c1-4-19(2)13-15(21-3)12-18-16-17-10-11-20(16)14-8-6-5-7-9-14/h5-11,15H,4,12-13H2,1-3H3,(H,17,18). The first-order valence-electron chi connectivity index (χ1n) is 7.28. The number of hydrogen-bond donors (Lipinski definition) is 1. The van der Waals surface area contributed by atoms with Crippen molar-refractivity contribution in [3.63, 3.8) is 0 Å². The molecule has 5 nitrogen and oxygen atoms in total. The van der Waals surface area contributed by atoms with Gasteiger partial charge in [0.1, 0.15) is 0 Å². The van der Waals surface area contributed by atoms with Crippen LogP contribution in [-0.4, -0.2) is 54.3 Å². The molecule has 114 valence electrons. The van der Waals surface area contributed by atoms with Gasteiger partial charge in [-0.25, -0.2) is 4.98 Å². The first-order chi connectivity index (χ1) is 10.2. The zero-order valence-electron chi connectivity index (χ0n) is 13.0. The van der Waals surface area contributed by atoms with E-state index in [4.69, 9.17) is 4.74 Å². The number of rotatable bonds is 8. The lowest BCUT2D eigenvalue weighted by atomic mass is 10.3. The number of nitrogens with one attached hydrogen (secondary N) is 1. The van der Waals surface area contributed by atoms with Crippen LogP contribution in [0.25, 0.3) is 5.69 Å². The number of aromatic nitrogens is 2. The molecular weight excluding hydrogens is 264 g/mol. The van der Waals surface area contributed by atoms with Crippen LogP contribution in [0.5, 0.6) is 0 Å². The molecule has 0 saturated heterocycles. The lowest BCUT2D eigenvalue weighted by Crippen LogP contribution is -2.35. The van der Waals surface area contributed by atoms with Gasteiger partial charge >= 0.3 is 0 Å². The number of hydrogen-bond acceptors (Lipinski definition) is 4. The van der Waals surface area contributed by atoms with Crippen molar-refractivity contribution in [1.82, 2.24) is 14.5 Å². The quantitative estimate of drug-likeness (QED) is 0.809. The second-order valence-corrected chi connectivity index (χ2v) is 5.05. The van der Waals surface area contributed by atoms with Crippen LogP contribution in [0, 0.1) is 0 Å². The Morgan fingerprint density at radius 3 is 2.76 bits per heavy atom. The molecule has 1 aromatic heterocycles. The Morgan fingerprint density at radius 2 is 2.10 bits per heavy atom. The van der Waals surface area contributed by atoms with Crippen molar-refractivity contribution >= 4 is 5.95 Å². The fraction of sp³-hybridized carbons (Fsp3) is 0.438. The molecule has 1 atom stereocenters. The Bertz CT molecular complexity index is 526. The summed E-state index contributed by atoms with van der Waals surface area (Å²) < 4.78 is 7.56. The van der Waals surface area contributed by atoms with Crippen molar-refractivity contribution in [1.29, 1.82) is 0 Å². The monoisotopic (exact) mass is 288 g/mol. The van der Waals surface area contributed by atoms with E-state index in [0.29, 0.717) is 0 Å². The topological polar surface area (TPSA) is 42.3 Å². The molecule has 0 spiro atoms. The van der Waals surface area contributed by atoms with Gasteiger partial charge in [0.25, 0.3) is 0 Å². The maximum absolute atomic E-state index is 5.53. The Balaban J connectivity index is 1.99. The van der Waals surface area contributed by atoms with Crippen LogP contribution in [0.3, 0.4) is 0 Å². The van der Waals surface area contributed by atoms with Gasteiger partial charge in [-0.3, -0.25) is 4.57 Å². The minimum absolute atomic E-state index is 0.135. The Labute approximate surface area is 126 Å². The molecule has 5 heteroatoms. The average Bonchev–Trinajstić information content (AvgIpc) is 3.00. The van der Waals surface area contributed by atoms with E-state index in [0.717, 1.165) is 31.3 Å². The van der Waals surface area contributed by atoms with Crippen LogP contribution in [0.1, 0.15) is 6.92 Å². The number of para-hydroxylation sites is 1. The van der Waals surface area contributed by atoms with Crippen LogP contribution < -0.4 is 5.32 Å². The summed E-state index contributed by atoms with van der Waals surface area (Å²) in [6, 6.07) is 10.2. The smallest absolute Gasteiger partial charge is 0.207 e. The summed E-state index contributed by atoms with van der Waals surface area (Å²) in [6.07, 6.45) is 3.89. The number of benzene rings is 1. The van der Waals surface area contributed by atoms with E-state index in [9.17, 15) is 0 Å². The number of imidazole rings is 1. The van der Waals surface area contributed by atoms with Crippen molar-refractivity contribution in [3.05, 3.63) is 42.7 Å². The molecule has 0 amide bonds. The number of likely N-dealkylation sites (N-methyl/N-ethyl adjacent to an activating group) is 1. The molecule has 0 radical (unpaired) electrons. The van der Waals surface area contributed by atoms with Crippen LogP contribution in [0.4, 0.5) is 5.95 Å². The minimum Gasteiger partial charge on any atom is -0.378 e. The van der Waals surface area contributed by atoms with Gasteiger partial charge in [-0.15, -0.1) is 0 Å². The highest BCUT2D eigenvalue weighted by molar-refractivity contribution is 5.41. The van der Waals surface area contributed by atoms with E-state index in [-0.39, 0.29) is 6.10 Å². The van der Waals surface area contributed by atoms with E-state index in [1.807, 2.05) is 29.0 Å². The van der Waals surface area contributed by atoms with Gasteiger partial charge in [-0.05, 0) is 25.7 Å². The van der Waals surface area contributed by atoms with Crippen molar-refractivity contribution in [2.45, 2.75) is 13.0 Å². The number of anilines is 1. The third kappa shape index (κ3) is 4.31. The predicted molar refractivity (Wildman–Crippen MR) is 86.0 cm³/mol. The van der Waals surface area contributed by atoms with Crippen LogP contribution in [0.2, 0.25) is 0 Å². The van der Waals surface area contributed by atoms with E-state index >= 15 is 0 Å². The third-order valence-corrected chi connectivity index (χ3v) is 3.55. The summed E-state index contributed by atoms with van der Waals surface area (Å²) in [5, 5.41) is 3.37. The first kappa shape index (κ1) is 15.5. The third-order valence-electron chi connectivity index (χ3n) is 3.55. The molecule has 1 aromatic carbocycles. The summed E-state index contributed by atoms with van der Waals surface area (Å²) in [7, 11) is 3.84. The summed E-state index contributed by atoms with van der Waals surface area (Å²) in [4.78, 5) is 6.62. The Morgan fingerprint density at radius 1 is 1.33 bits per heavy atom. The van der Waals surface area contributed by atoms with Gasteiger partial charge in [0.05, 0.1) is 6.10 Å². The van der Waals surface area contributed by atoms with E-state index in [2.05, 4.69) is 41.3 Å². The molecule has 0 aliphatic rings. The molecule has 0 bridgehead atoms. The SMILES string of the molecule is CCN(C)CC(CNc1nccn1-c1ccccc1)OC. The molecule has 2 aromatic rings. The van der Waals surface area contributed by atoms with Crippen molar-refractivity contribution < 1.29 is 4.74 Å².